The molecule has 1 aromatic carbocycles. The van der Waals surface area contributed by atoms with Crippen molar-refractivity contribution in [3.63, 3.8) is 0 Å². The summed E-state index contributed by atoms with van der Waals surface area (Å²) in [5.41, 5.74) is 15.0. The molecule has 138 valence electrons. The molecule has 0 bridgehead atoms. The number of nitrogens with zero attached hydrogens (tertiary/aromatic N) is 2. The van der Waals surface area contributed by atoms with Gasteiger partial charge in [-0.1, -0.05) is 23.7 Å². The third-order valence-electron chi connectivity index (χ3n) is 2.74. The molecule has 0 aliphatic heterocycles. The van der Waals surface area contributed by atoms with Gasteiger partial charge in [-0.05, 0) is 6.07 Å². The Hall–Kier alpha value is -2.46. The van der Waals surface area contributed by atoms with Crippen LogP contribution in [0.15, 0.2) is 24.4 Å². The minimum absolute atomic E-state index is 0.391. The van der Waals surface area contributed by atoms with Crippen LogP contribution >= 0.6 is 11.6 Å². The Bertz CT molecular complexity index is 715. The van der Waals surface area contributed by atoms with Crippen molar-refractivity contribution in [2.24, 2.45) is 12.8 Å². The number of nitrogens with one attached hydrogen (secondary N) is 1. The van der Waals surface area contributed by atoms with E-state index in [9.17, 15) is 13.2 Å². The molecule has 0 aliphatic rings. The SMILES string of the molecule is Cn1ncc(Cl)c1-c1cc([NH-])ccc1OCCN.O=C([O-])C(F)(F)F. The first-order valence-corrected chi connectivity index (χ1v) is 7.10. The van der Waals surface area contributed by atoms with Gasteiger partial charge in [0.2, 0.25) is 0 Å². The lowest BCUT2D eigenvalue weighted by Crippen LogP contribution is -2.37. The number of aromatic nitrogens is 2. The van der Waals surface area contributed by atoms with Crippen LogP contribution in [-0.4, -0.2) is 35.1 Å². The predicted octanol–water partition coefficient (Wildman–Crippen LogP) is 2.06. The maximum atomic E-state index is 10.5. The molecular weight excluding hydrogens is 365 g/mol. The molecular formula is C14H14ClF3N4O3-2. The lowest BCUT2D eigenvalue weighted by Gasteiger charge is -2.14. The Kier molecular flexibility index (Phi) is 7.07. The zero-order valence-corrected chi connectivity index (χ0v) is 13.7. The summed E-state index contributed by atoms with van der Waals surface area (Å²) in [5.74, 6) is -2.35. The van der Waals surface area contributed by atoms with E-state index >= 15 is 0 Å². The molecule has 25 heavy (non-hydrogen) atoms. The standard InChI is InChI=1S/C12H14ClN4O.C2HF3O2/c1-17-12(10(13)7-16-17)9-6-8(15)2-3-11(9)18-5-4-14;3-2(4,5)1(6)7/h2-3,6-7,15H,4-5,14H2,1H3;(H,6,7)/q-1;/p-1. The summed E-state index contributed by atoms with van der Waals surface area (Å²) in [5, 5.41) is 13.4. The fourth-order valence-corrected chi connectivity index (χ4v) is 1.99. The van der Waals surface area contributed by atoms with Gasteiger partial charge >= 0.3 is 6.18 Å². The van der Waals surface area contributed by atoms with E-state index in [0.717, 1.165) is 11.3 Å². The number of aliphatic carboxylic acids is 1. The van der Waals surface area contributed by atoms with Gasteiger partial charge in [0.05, 0.1) is 16.9 Å². The summed E-state index contributed by atoms with van der Waals surface area (Å²) < 4.78 is 38.8. The number of carboxylic acids is 1. The number of benzene rings is 1. The summed E-state index contributed by atoms with van der Waals surface area (Å²) in [4.78, 5) is 8.78. The molecule has 0 aliphatic carbocycles. The molecule has 0 radical (unpaired) electrons. The maximum absolute atomic E-state index is 10.5. The van der Waals surface area contributed by atoms with Crippen LogP contribution in [0.2, 0.25) is 5.02 Å². The van der Waals surface area contributed by atoms with E-state index in [0.29, 0.717) is 29.6 Å². The van der Waals surface area contributed by atoms with Crippen LogP contribution in [0.25, 0.3) is 17.0 Å². The Balaban J connectivity index is 0.000000381. The number of hydrogen-bond acceptors (Lipinski definition) is 5. The van der Waals surface area contributed by atoms with Crippen LogP contribution < -0.4 is 15.6 Å². The fourth-order valence-electron chi connectivity index (χ4n) is 1.72. The van der Waals surface area contributed by atoms with Gasteiger partial charge in [-0.3, -0.25) is 4.68 Å². The molecule has 0 unspecified atom stereocenters. The summed E-state index contributed by atoms with van der Waals surface area (Å²) in [7, 11) is 1.80. The molecule has 1 aromatic heterocycles. The molecule has 11 heteroatoms. The highest BCUT2D eigenvalue weighted by molar-refractivity contribution is 6.33. The van der Waals surface area contributed by atoms with E-state index in [1.165, 1.54) is 0 Å². The van der Waals surface area contributed by atoms with Crippen molar-refractivity contribution in [2.45, 2.75) is 6.18 Å². The topological polar surface area (TPSA) is 117 Å². The zero-order valence-electron chi connectivity index (χ0n) is 12.9. The summed E-state index contributed by atoms with van der Waals surface area (Å²) >= 11 is 6.11. The zero-order chi connectivity index (χ0) is 19.2. The number of carboxylic acid groups (broad SMARTS) is 1. The Morgan fingerprint density at radius 3 is 2.52 bits per heavy atom. The number of rotatable bonds is 4. The number of ether oxygens (including phenoxy) is 1. The van der Waals surface area contributed by atoms with Crippen LogP contribution in [-0.2, 0) is 11.8 Å². The molecule has 3 N–H and O–H groups in total. The number of carbonyl (C=O) groups excluding carboxylic acids is 1. The van der Waals surface area contributed by atoms with Crippen molar-refractivity contribution >= 4 is 23.3 Å². The minimum atomic E-state index is -5.19. The van der Waals surface area contributed by atoms with Gasteiger partial charge in [0.1, 0.15) is 18.3 Å². The molecule has 2 aromatic rings. The molecule has 7 nitrogen and oxygen atoms in total. The minimum Gasteiger partial charge on any atom is -0.699 e. The highest BCUT2D eigenvalue weighted by atomic mass is 35.5. The van der Waals surface area contributed by atoms with Crippen LogP contribution in [0, 0.1) is 0 Å². The van der Waals surface area contributed by atoms with Crippen LogP contribution in [0.1, 0.15) is 0 Å². The molecule has 1 heterocycles. The number of alkyl halides is 3. The molecule has 0 atom stereocenters. The van der Waals surface area contributed by atoms with E-state index in [1.807, 2.05) is 0 Å². The normalized spacial score (nSPS) is 10.8. The van der Waals surface area contributed by atoms with Crippen molar-refractivity contribution in [3.8, 4) is 17.0 Å². The number of halogens is 4. The molecule has 0 fully saturated rings. The summed E-state index contributed by atoms with van der Waals surface area (Å²) in [6, 6.07) is 5.12. The van der Waals surface area contributed by atoms with Gasteiger partial charge in [-0.2, -0.15) is 18.3 Å². The second-order valence-corrected chi connectivity index (χ2v) is 5.01. The van der Waals surface area contributed by atoms with Gasteiger partial charge in [0.15, 0.2) is 0 Å². The molecule has 0 spiro atoms. The monoisotopic (exact) mass is 378 g/mol. The van der Waals surface area contributed by atoms with Crippen molar-refractivity contribution in [1.82, 2.24) is 9.78 Å². The highest BCUT2D eigenvalue weighted by Gasteiger charge is 2.28. The first-order chi connectivity index (χ1) is 11.6. The van der Waals surface area contributed by atoms with E-state index in [2.05, 4.69) is 5.10 Å². The van der Waals surface area contributed by atoms with E-state index in [1.54, 1.807) is 36.1 Å². The van der Waals surface area contributed by atoms with Gasteiger partial charge in [0, 0.05) is 19.2 Å². The Morgan fingerprint density at radius 1 is 1.48 bits per heavy atom. The molecule has 0 saturated heterocycles. The smallest absolute Gasteiger partial charge is 0.430 e. The lowest BCUT2D eigenvalue weighted by atomic mass is 10.1. The quantitative estimate of drug-likeness (QED) is 0.873. The summed E-state index contributed by atoms with van der Waals surface area (Å²) in [6.07, 6.45) is -3.62. The number of hydrogen-bond donors (Lipinski definition) is 1. The van der Waals surface area contributed by atoms with Crippen LogP contribution in [0.3, 0.4) is 0 Å². The first kappa shape index (κ1) is 20.6. The van der Waals surface area contributed by atoms with E-state index in [-0.39, 0.29) is 0 Å². The molecule has 2 rings (SSSR count). The lowest BCUT2D eigenvalue weighted by molar-refractivity contribution is -0.344. The van der Waals surface area contributed by atoms with Gasteiger partial charge in [-0.15, -0.1) is 5.69 Å². The third kappa shape index (κ3) is 5.84. The maximum Gasteiger partial charge on any atom is 0.430 e. The van der Waals surface area contributed by atoms with Crippen LogP contribution in [0.4, 0.5) is 18.9 Å². The second kappa shape index (κ2) is 8.58. The average molecular weight is 379 g/mol. The average Bonchev–Trinajstić information content (AvgIpc) is 2.84. The van der Waals surface area contributed by atoms with Crippen molar-refractivity contribution in [2.75, 3.05) is 13.2 Å². The largest absolute Gasteiger partial charge is 0.699 e. The highest BCUT2D eigenvalue weighted by Crippen LogP contribution is 2.36. The second-order valence-electron chi connectivity index (χ2n) is 4.60. The number of nitrogens with two attached hydrogens (primary N) is 1. The van der Waals surface area contributed by atoms with Crippen molar-refractivity contribution in [1.29, 1.82) is 0 Å². The van der Waals surface area contributed by atoms with Crippen molar-refractivity contribution in [3.05, 3.63) is 35.2 Å². The third-order valence-corrected chi connectivity index (χ3v) is 3.01. The number of aryl methyl sites for hydroxylation is 1. The molecule has 0 saturated carbocycles. The Morgan fingerprint density at radius 2 is 2.08 bits per heavy atom. The van der Waals surface area contributed by atoms with Gasteiger partial charge < -0.3 is 26.1 Å². The van der Waals surface area contributed by atoms with Gasteiger partial charge in [0.25, 0.3) is 0 Å². The molecule has 0 amide bonds. The van der Waals surface area contributed by atoms with E-state index < -0.39 is 12.1 Å². The van der Waals surface area contributed by atoms with Gasteiger partial charge in [-0.25, -0.2) is 0 Å². The first-order valence-electron chi connectivity index (χ1n) is 6.72. The number of carbonyl (C=O) groups is 1. The van der Waals surface area contributed by atoms with E-state index in [4.69, 9.17) is 37.7 Å². The van der Waals surface area contributed by atoms with Crippen molar-refractivity contribution < 1.29 is 27.8 Å². The fraction of sp³-hybridized carbons (Fsp3) is 0.286. The predicted molar refractivity (Wildman–Crippen MR) is 83.2 cm³/mol. The Labute approximate surface area is 145 Å². The summed E-state index contributed by atoms with van der Waals surface area (Å²) in [6.45, 7) is 0.848. The van der Waals surface area contributed by atoms with Crippen LogP contribution in [0.5, 0.6) is 5.75 Å².